The number of aromatic nitrogens is 3. The first-order chi connectivity index (χ1) is 29.0. The first-order valence-corrected chi connectivity index (χ1v) is 20.8. The summed E-state index contributed by atoms with van der Waals surface area (Å²) in [5.41, 5.74) is 14.6. The highest BCUT2D eigenvalue weighted by atomic mass is 32.1. The second-order valence-corrected chi connectivity index (χ2v) is 17.0. The molecule has 278 valence electrons. The van der Waals surface area contributed by atoms with E-state index in [1.165, 1.54) is 48.9 Å². The molecule has 0 amide bonds. The summed E-state index contributed by atoms with van der Waals surface area (Å²) in [5.74, 6) is 1.88. The largest absolute Gasteiger partial charge is 0.456 e. The van der Waals surface area contributed by atoms with Gasteiger partial charge in [0.2, 0.25) is 0 Å². The molecule has 0 radical (unpaired) electrons. The summed E-state index contributed by atoms with van der Waals surface area (Å²) >= 11 is 1.78. The Morgan fingerprint density at radius 3 is 1.93 bits per heavy atom. The monoisotopic (exact) mass is 773 g/mol. The number of rotatable bonds is 5. The van der Waals surface area contributed by atoms with E-state index in [4.69, 9.17) is 19.4 Å². The van der Waals surface area contributed by atoms with Crippen LogP contribution in [0.2, 0.25) is 0 Å². The third-order valence-corrected chi connectivity index (χ3v) is 13.4. The minimum absolute atomic E-state index is 0.0390. The zero-order chi connectivity index (χ0) is 39.2. The molecule has 0 saturated carbocycles. The fourth-order valence-electron chi connectivity index (χ4n) is 9.29. The first-order valence-electron chi connectivity index (χ1n) is 20.0. The summed E-state index contributed by atoms with van der Waals surface area (Å²) in [7, 11) is 0. The molecule has 0 saturated heterocycles. The standard InChI is InChI=1S/C54H35N3OS/c1-54(2)43-21-8-6-16-39(43)48-36(17-11-22-44(48)54)33-27-25-32(26-28-33)35-29-30-45-42(31-35)49-40(19-12-23-46(49)58-45)52-55-51(34-13-4-3-5-14-34)56-53(57-52)41-20-10-18-38-37-15-7-9-24-47(37)59-50(38)41/h3-31H,1-2H3. The van der Waals surface area contributed by atoms with Crippen LogP contribution in [0.25, 0.3) is 110 Å². The molecule has 1 aliphatic carbocycles. The third kappa shape index (κ3) is 5.25. The van der Waals surface area contributed by atoms with E-state index in [0.29, 0.717) is 17.5 Å². The van der Waals surface area contributed by atoms with E-state index < -0.39 is 0 Å². The molecule has 12 rings (SSSR count). The molecule has 59 heavy (non-hydrogen) atoms. The van der Waals surface area contributed by atoms with E-state index in [1.807, 2.05) is 30.3 Å². The molecule has 3 aromatic heterocycles. The Balaban J connectivity index is 0.991. The fraction of sp³-hybridized carbons (Fsp3) is 0.0556. The van der Waals surface area contributed by atoms with E-state index in [1.54, 1.807) is 11.3 Å². The van der Waals surface area contributed by atoms with Crippen LogP contribution in [0, 0.1) is 0 Å². The topological polar surface area (TPSA) is 51.8 Å². The highest BCUT2D eigenvalue weighted by Gasteiger charge is 2.36. The van der Waals surface area contributed by atoms with Crippen LogP contribution in [0.4, 0.5) is 0 Å². The quantitative estimate of drug-likeness (QED) is 0.175. The minimum atomic E-state index is -0.0390. The Kier molecular flexibility index (Phi) is 7.41. The van der Waals surface area contributed by atoms with Gasteiger partial charge in [0.1, 0.15) is 11.2 Å². The summed E-state index contributed by atoms with van der Waals surface area (Å²) in [4.78, 5) is 15.6. The van der Waals surface area contributed by atoms with Gasteiger partial charge in [-0.3, -0.25) is 0 Å². The lowest BCUT2D eigenvalue weighted by Gasteiger charge is -2.21. The zero-order valence-corrected chi connectivity index (χ0v) is 33.2. The van der Waals surface area contributed by atoms with Gasteiger partial charge in [0, 0.05) is 53.1 Å². The third-order valence-electron chi connectivity index (χ3n) is 12.2. The SMILES string of the molecule is CC1(C)c2ccccc2-c2c(-c3ccc(-c4ccc5oc6cccc(-c7nc(-c8ccccc8)nc(-c8cccc9c8sc8ccccc89)n7)c6c5c4)cc3)cccc21. The van der Waals surface area contributed by atoms with Gasteiger partial charge in [-0.05, 0) is 74.8 Å². The number of thiophene rings is 1. The van der Waals surface area contributed by atoms with Gasteiger partial charge in [0.25, 0.3) is 0 Å². The molecule has 0 bridgehead atoms. The van der Waals surface area contributed by atoms with Crippen molar-refractivity contribution >= 4 is 53.4 Å². The van der Waals surface area contributed by atoms with Gasteiger partial charge < -0.3 is 4.42 Å². The number of fused-ring (bicyclic) bond motifs is 9. The van der Waals surface area contributed by atoms with Crippen molar-refractivity contribution in [3.05, 3.63) is 187 Å². The number of benzene rings is 8. The molecule has 0 spiro atoms. The summed E-state index contributed by atoms with van der Waals surface area (Å²) in [6.07, 6.45) is 0. The van der Waals surface area contributed by atoms with Crippen LogP contribution in [0.3, 0.4) is 0 Å². The van der Waals surface area contributed by atoms with Crippen LogP contribution in [0.15, 0.2) is 180 Å². The molecule has 5 heteroatoms. The summed E-state index contributed by atoms with van der Waals surface area (Å²) in [6.45, 7) is 4.67. The molecule has 8 aromatic carbocycles. The molecule has 0 N–H and O–H groups in total. The van der Waals surface area contributed by atoms with E-state index >= 15 is 0 Å². The Morgan fingerprint density at radius 2 is 1.05 bits per heavy atom. The smallest absolute Gasteiger partial charge is 0.165 e. The lowest BCUT2D eigenvalue weighted by Crippen LogP contribution is -2.14. The number of hydrogen-bond donors (Lipinski definition) is 0. The number of furan rings is 1. The van der Waals surface area contributed by atoms with Gasteiger partial charge in [-0.2, -0.15) is 0 Å². The molecular weight excluding hydrogens is 739 g/mol. The Morgan fingerprint density at radius 1 is 0.424 bits per heavy atom. The van der Waals surface area contributed by atoms with Crippen molar-refractivity contribution in [3.8, 4) is 67.5 Å². The maximum absolute atomic E-state index is 6.52. The van der Waals surface area contributed by atoms with Gasteiger partial charge in [-0.1, -0.05) is 159 Å². The first kappa shape index (κ1) is 33.9. The van der Waals surface area contributed by atoms with Crippen LogP contribution < -0.4 is 0 Å². The molecule has 4 nitrogen and oxygen atoms in total. The average molecular weight is 774 g/mol. The molecule has 0 fully saturated rings. The van der Waals surface area contributed by atoms with Gasteiger partial charge >= 0.3 is 0 Å². The molecule has 3 heterocycles. The van der Waals surface area contributed by atoms with E-state index in [-0.39, 0.29) is 5.41 Å². The van der Waals surface area contributed by atoms with Crippen LogP contribution in [0.5, 0.6) is 0 Å². The molecular formula is C54H35N3OS. The van der Waals surface area contributed by atoms with Gasteiger partial charge in [-0.25, -0.2) is 15.0 Å². The average Bonchev–Trinajstić information content (AvgIpc) is 3.94. The highest BCUT2D eigenvalue weighted by molar-refractivity contribution is 7.26. The molecule has 0 aliphatic heterocycles. The zero-order valence-electron chi connectivity index (χ0n) is 32.4. The van der Waals surface area contributed by atoms with Crippen molar-refractivity contribution in [1.82, 2.24) is 15.0 Å². The predicted molar refractivity (Wildman–Crippen MR) is 245 cm³/mol. The van der Waals surface area contributed by atoms with Crippen LogP contribution in [-0.4, -0.2) is 15.0 Å². The normalized spacial score (nSPS) is 13.1. The Labute approximate surface area is 345 Å². The van der Waals surface area contributed by atoms with Crippen molar-refractivity contribution in [1.29, 1.82) is 0 Å². The lowest BCUT2D eigenvalue weighted by molar-refractivity contribution is 0.660. The van der Waals surface area contributed by atoms with E-state index in [2.05, 4.69) is 159 Å². The maximum atomic E-state index is 6.52. The highest BCUT2D eigenvalue weighted by Crippen LogP contribution is 2.52. The van der Waals surface area contributed by atoms with E-state index in [9.17, 15) is 0 Å². The van der Waals surface area contributed by atoms with E-state index in [0.717, 1.165) is 54.5 Å². The van der Waals surface area contributed by atoms with Crippen molar-refractivity contribution in [2.75, 3.05) is 0 Å². The Bertz CT molecular complexity index is 3470. The predicted octanol–water partition coefficient (Wildman–Crippen LogP) is 14.8. The van der Waals surface area contributed by atoms with Crippen LogP contribution in [0.1, 0.15) is 25.0 Å². The van der Waals surface area contributed by atoms with Crippen molar-refractivity contribution in [2.24, 2.45) is 0 Å². The van der Waals surface area contributed by atoms with Crippen LogP contribution >= 0.6 is 11.3 Å². The van der Waals surface area contributed by atoms with Crippen molar-refractivity contribution < 1.29 is 4.42 Å². The summed E-state index contributed by atoms with van der Waals surface area (Å²) in [6, 6.07) is 62.4. The fourth-order valence-corrected chi connectivity index (χ4v) is 10.5. The number of nitrogens with zero attached hydrogens (tertiary/aromatic N) is 3. The molecule has 1 aliphatic rings. The maximum Gasteiger partial charge on any atom is 0.165 e. The molecule has 11 aromatic rings. The van der Waals surface area contributed by atoms with Crippen molar-refractivity contribution in [2.45, 2.75) is 19.3 Å². The van der Waals surface area contributed by atoms with Crippen molar-refractivity contribution in [3.63, 3.8) is 0 Å². The summed E-state index contributed by atoms with van der Waals surface area (Å²) in [5, 5.41) is 4.45. The lowest BCUT2D eigenvalue weighted by atomic mass is 9.82. The second-order valence-electron chi connectivity index (χ2n) is 15.9. The minimum Gasteiger partial charge on any atom is -0.456 e. The molecule has 0 unspecified atom stereocenters. The van der Waals surface area contributed by atoms with Gasteiger partial charge in [0.05, 0.1) is 0 Å². The van der Waals surface area contributed by atoms with Crippen LogP contribution in [-0.2, 0) is 5.41 Å². The Hall–Kier alpha value is -7.21. The van der Waals surface area contributed by atoms with Gasteiger partial charge in [-0.15, -0.1) is 11.3 Å². The number of hydrogen-bond acceptors (Lipinski definition) is 5. The second kappa shape index (κ2) is 12.9. The summed E-state index contributed by atoms with van der Waals surface area (Å²) < 4.78 is 8.93. The van der Waals surface area contributed by atoms with Gasteiger partial charge in [0.15, 0.2) is 17.5 Å². The molecule has 0 atom stereocenters.